The van der Waals surface area contributed by atoms with Crippen LogP contribution in [0.4, 0.5) is 0 Å². The Kier molecular flexibility index (Phi) is 6.35. The number of carbonyl (C=O) groups is 1. The van der Waals surface area contributed by atoms with Crippen LogP contribution < -0.4 is 5.56 Å². The van der Waals surface area contributed by atoms with Crippen LogP contribution in [0.25, 0.3) is 0 Å². The van der Waals surface area contributed by atoms with Gasteiger partial charge in [0.05, 0.1) is 6.54 Å². The molecule has 2 saturated heterocycles. The van der Waals surface area contributed by atoms with E-state index in [0.29, 0.717) is 25.7 Å². The van der Waals surface area contributed by atoms with Crippen LogP contribution in [0.1, 0.15) is 34.3 Å². The van der Waals surface area contributed by atoms with Gasteiger partial charge in [-0.3, -0.25) is 14.5 Å². The van der Waals surface area contributed by atoms with E-state index in [-0.39, 0.29) is 17.0 Å². The lowest BCUT2D eigenvalue weighted by Crippen LogP contribution is -2.55. The van der Waals surface area contributed by atoms with Crippen LogP contribution in [0.15, 0.2) is 47.4 Å². The fraction of sp³-hybridized carbons (Fsp3) is 0.500. The van der Waals surface area contributed by atoms with E-state index in [1.165, 1.54) is 19.4 Å². The highest BCUT2D eigenvalue weighted by molar-refractivity contribution is 5.93. The highest BCUT2D eigenvalue weighted by Crippen LogP contribution is 2.17. The van der Waals surface area contributed by atoms with Crippen molar-refractivity contribution in [3.63, 3.8) is 0 Å². The summed E-state index contributed by atoms with van der Waals surface area (Å²) in [6.07, 6.45) is 4.24. The van der Waals surface area contributed by atoms with Crippen molar-refractivity contribution >= 4 is 5.91 Å². The highest BCUT2D eigenvalue weighted by Gasteiger charge is 2.29. The zero-order valence-electron chi connectivity index (χ0n) is 18.1. The molecule has 2 aromatic rings. The lowest BCUT2D eigenvalue weighted by molar-refractivity contribution is 0.0450. The van der Waals surface area contributed by atoms with Crippen LogP contribution >= 0.6 is 0 Å². The van der Waals surface area contributed by atoms with Gasteiger partial charge >= 0.3 is 0 Å². The number of carbonyl (C=O) groups excluding carboxylic acids is 1. The molecule has 0 spiro atoms. The van der Waals surface area contributed by atoms with Crippen molar-refractivity contribution in [3.8, 4) is 0 Å². The predicted octanol–water partition coefficient (Wildman–Crippen LogP) is 2.06. The third-order valence-corrected chi connectivity index (χ3v) is 6.40. The zero-order chi connectivity index (χ0) is 21.1. The summed E-state index contributed by atoms with van der Waals surface area (Å²) in [5.41, 5.74) is 2.29. The minimum atomic E-state index is -0.208. The second kappa shape index (κ2) is 9.14. The van der Waals surface area contributed by atoms with Gasteiger partial charge in [-0.2, -0.15) is 0 Å². The predicted molar refractivity (Wildman–Crippen MR) is 119 cm³/mol. The number of hydrogen-bond donors (Lipinski definition) is 0. The summed E-state index contributed by atoms with van der Waals surface area (Å²) < 4.78 is 1.64. The molecule has 6 heteroatoms. The highest BCUT2D eigenvalue weighted by atomic mass is 16.2. The summed E-state index contributed by atoms with van der Waals surface area (Å²) in [4.78, 5) is 32.8. The molecule has 30 heavy (non-hydrogen) atoms. The second-order valence-corrected chi connectivity index (χ2v) is 8.73. The standard InChI is InChI=1S/C24H32N4O2/c1-19-6-3-7-20(16-19)17-28-11-5-9-22(24(28)30)23(29)27-14-12-26(13-15-27)21-8-4-10-25(2)18-21/h3,5-7,9,11,16,21H,4,8,10,12-15,17-18H2,1-2H3. The van der Waals surface area contributed by atoms with Crippen molar-refractivity contribution in [1.29, 1.82) is 0 Å². The summed E-state index contributed by atoms with van der Waals surface area (Å²) in [5, 5.41) is 0. The van der Waals surface area contributed by atoms with Gasteiger partial charge in [-0.15, -0.1) is 0 Å². The summed E-state index contributed by atoms with van der Waals surface area (Å²) in [7, 11) is 2.18. The van der Waals surface area contributed by atoms with Crippen LogP contribution in [-0.4, -0.2) is 77.5 Å². The van der Waals surface area contributed by atoms with Crippen LogP contribution in [0.2, 0.25) is 0 Å². The summed E-state index contributed by atoms with van der Waals surface area (Å²) in [5.74, 6) is -0.140. The quantitative estimate of drug-likeness (QED) is 0.777. The number of nitrogens with zero attached hydrogens (tertiary/aromatic N) is 4. The zero-order valence-corrected chi connectivity index (χ0v) is 18.1. The SMILES string of the molecule is Cc1cccc(Cn2cccc(C(=O)N3CCN(C4CCCN(C)C4)CC3)c2=O)c1. The van der Waals surface area contributed by atoms with E-state index in [9.17, 15) is 9.59 Å². The summed E-state index contributed by atoms with van der Waals surface area (Å²) in [6, 6.07) is 12.2. The number of likely N-dealkylation sites (N-methyl/N-ethyl adjacent to an activating group) is 1. The van der Waals surface area contributed by atoms with Crippen LogP contribution in [-0.2, 0) is 6.54 Å². The van der Waals surface area contributed by atoms with Crippen LogP contribution in [0.3, 0.4) is 0 Å². The monoisotopic (exact) mass is 408 g/mol. The van der Waals surface area contributed by atoms with E-state index < -0.39 is 0 Å². The first-order valence-electron chi connectivity index (χ1n) is 11.0. The van der Waals surface area contributed by atoms with Gasteiger partial charge in [0.2, 0.25) is 0 Å². The van der Waals surface area contributed by atoms with Gasteiger partial charge in [-0.25, -0.2) is 0 Å². The number of aryl methyl sites for hydroxylation is 1. The fourth-order valence-corrected chi connectivity index (χ4v) is 4.73. The Hall–Kier alpha value is -2.44. The molecule has 1 atom stereocenters. The molecule has 0 bridgehead atoms. The smallest absolute Gasteiger partial charge is 0.263 e. The van der Waals surface area contributed by atoms with E-state index in [4.69, 9.17) is 0 Å². The molecule has 4 rings (SSSR count). The first-order chi connectivity index (χ1) is 14.5. The number of rotatable bonds is 4. The first kappa shape index (κ1) is 20.8. The van der Waals surface area contributed by atoms with E-state index in [0.717, 1.165) is 30.8 Å². The molecule has 6 nitrogen and oxygen atoms in total. The number of aromatic nitrogens is 1. The van der Waals surface area contributed by atoms with Crippen molar-refractivity contribution in [3.05, 3.63) is 69.6 Å². The molecule has 0 aliphatic carbocycles. The molecule has 1 aromatic carbocycles. The largest absolute Gasteiger partial charge is 0.336 e. The number of piperidine rings is 1. The summed E-state index contributed by atoms with van der Waals surface area (Å²) in [6.45, 7) is 7.94. The molecule has 0 radical (unpaired) electrons. The van der Waals surface area contributed by atoms with Crippen molar-refractivity contribution in [2.45, 2.75) is 32.4 Å². The molecular formula is C24H32N4O2. The molecule has 0 saturated carbocycles. The molecule has 3 heterocycles. The maximum Gasteiger partial charge on any atom is 0.263 e. The maximum absolute atomic E-state index is 13.1. The van der Waals surface area contributed by atoms with Gasteiger partial charge in [-0.1, -0.05) is 29.8 Å². The average molecular weight is 409 g/mol. The lowest BCUT2D eigenvalue weighted by Gasteiger charge is -2.42. The minimum Gasteiger partial charge on any atom is -0.336 e. The summed E-state index contributed by atoms with van der Waals surface area (Å²) >= 11 is 0. The molecule has 160 valence electrons. The van der Waals surface area contributed by atoms with Gasteiger partial charge in [0.25, 0.3) is 11.5 Å². The number of piperazine rings is 1. The van der Waals surface area contributed by atoms with Gasteiger partial charge in [0.15, 0.2) is 0 Å². The Labute approximate surface area is 178 Å². The van der Waals surface area contributed by atoms with Crippen molar-refractivity contribution < 1.29 is 4.79 Å². The lowest BCUT2D eigenvalue weighted by atomic mass is 10.0. The van der Waals surface area contributed by atoms with E-state index in [1.54, 1.807) is 22.9 Å². The molecule has 2 aliphatic rings. The molecule has 2 aliphatic heterocycles. The fourth-order valence-electron chi connectivity index (χ4n) is 4.73. The number of amides is 1. The van der Waals surface area contributed by atoms with E-state index >= 15 is 0 Å². The Balaban J connectivity index is 1.42. The topological polar surface area (TPSA) is 48.8 Å². The van der Waals surface area contributed by atoms with Gasteiger partial charge in [-0.05, 0) is 51.1 Å². The molecule has 0 N–H and O–H groups in total. The van der Waals surface area contributed by atoms with Crippen molar-refractivity contribution in [2.75, 3.05) is 46.3 Å². The second-order valence-electron chi connectivity index (χ2n) is 8.73. The Bertz CT molecular complexity index is 946. The Morgan fingerprint density at radius 3 is 2.60 bits per heavy atom. The Morgan fingerprint density at radius 1 is 1.07 bits per heavy atom. The van der Waals surface area contributed by atoms with Crippen LogP contribution in [0, 0.1) is 6.92 Å². The molecular weight excluding hydrogens is 376 g/mol. The minimum absolute atomic E-state index is 0.140. The van der Waals surface area contributed by atoms with Crippen molar-refractivity contribution in [2.24, 2.45) is 0 Å². The van der Waals surface area contributed by atoms with Gasteiger partial charge < -0.3 is 14.4 Å². The van der Waals surface area contributed by atoms with Gasteiger partial charge in [0.1, 0.15) is 5.56 Å². The first-order valence-corrected chi connectivity index (χ1v) is 11.0. The number of pyridine rings is 1. The number of likely N-dealkylation sites (tertiary alicyclic amines) is 1. The molecule has 1 unspecified atom stereocenters. The molecule has 1 aromatic heterocycles. The third kappa shape index (κ3) is 4.65. The normalized spacial score (nSPS) is 21.0. The van der Waals surface area contributed by atoms with E-state index in [2.05, 4.69) is 22.9 Å². The van der Waals surface area contributed by atoms with Gasteiger partial charge in [0, 0.05) is 45.0 Å². The maximum atomic E-state index is 13.1. The number of hydrogen-bond acceptors (Lipinski definition) is 4. The van der Waals surface area contributed by atoms with Crippen LogP contribution in [0.5, 0.6) is 0 Å². The average Bonchev–Trinajstić information content (AvgIpc) is 2.75. The molecule has 1 amide bonds. The molecule has 2 fully saturated rings. The Morgan fingerprint density at radius 2 is 1.87 bits per heavy atom. The number of benzene rings is 1. The third-order valence-electron chi connectivity index (χ3n) is 6.40. The van der Waals surface area contributed by atoms with Crippen molar-refractivity contribution in [1.82, 2.24) is 19.3 Å². The van der Waals surface area contributed by atoms with E-state index in [1.807, 2.05) is 30.0 Å².